The van der Waals surface area contributed by atoms with Gasteiger partial charge in [-0.1, -0.05) is 50.8 Å². The van der Waals surface area contributed by atoms with Gasteiger partial charge in [-0.25, -0.2) is 4.39 Å². The molecule has 120 valence electrons. The summed E-state index contributed by atoms with van der Waals surface area (Å²) in [5, 5.41) is 15.1. The van der Waals surface area contributed by atoms with Crippen LogP contribution in [0.1, 0.15) is 17.2 Å². The van der Waals surface area contributed by atoms with Crippen LogP contribution in [0.3, 0.4) is 0 Å². The average molecular weight is 407 g/mol. The highest BCUT2D eigenvalue weighted by Gasteiger charge is 2.28. The van der Waals surface area contributed by atoms with Crippen LogP contribution in [0.15, 0.2) is 53.0 Å². The molecule has 0 saturated heterocycles. The molecule has 0 spiro atoms. The van der Waals surface area contributed by atoms with Gasteiger partial charge in [0.25, 0.3) is 0 Å². The molecule has 0 saturated carbocycles. The summed E-state index contributed by atoms with van der Waals surface area (Å²) >= 11 is 9.69. The minimum Gasteiger partial charge on any atom is -0.323 e. The van der Waals surface area contributed by atoms with Crippen LogP contribution in [0.2, 0.25) is 5.02 Å². The van der Waals surface area contributed by atoms with Gasteiger partial charge in [0.1, 0.15) is 11.9 Å². The molecule has 8 heteroatoms. The maximum absolute atomic E-state index is 14.4. The van der Waals surface area contributed by atoms with E-state index in [0.29, 0.717) is 16.5 Å². The van der Waals surface area contributed by atoms with E-state index in [4.69, 9.17) is 11.6 Å². The number of hydrogen-bond donors (Lipinski definition) is 1. The zero-order valence-corrected chi connectivity index (χ0v) is 14.5. The summed E-state index contributed by atoms with van der Waals surface area (Å²) in [5.41, 5.74) is 2.04. The molecular formula is C16H10BrClFN5. The van der Waals surface area contributed by atoms with Crippen molar-refractivity contribution in [2.75, 3.05) is 5.32 Å². The predicted molar refractivity (Wildman–Crippen MR) is 93.1 cm³/mol. The molecule has 2 heterocycles. The molecule has 0 amide bonds. The zero-order valence-electron chi connectivity index (χ0n) is 12.1. The quantitative estimate of drug-likeness (QED) is 0.690. The summed E-state index contributed by atoms with van der Waals surface area (Å²) in [6.45, 7) is 0. The van der Waals surface area contributed by atoms with E-state index in [9.17, 15) is 4.39 Å². The van der Waals surface area contributed by atoms with E-state index in [0.717, 1.165) is 15.7 Å². The third-order valence-electron chi connectivity index (χ3n) is 3.76. The number of fused-ring (bicyclic) bond motifs is 1. The molecule has 3 aromatic rings. The molecular weight excluding hydrogens is 397 g/mol. The molecule has 1 N–H and O–H groups in total. The normalized spacial score (nSPS) is 16.3. The maximum atomic E-state index is 14.4. The molecule has 2 aromatic carbocycles. The first kappa shape index (κ1) is 15.3. The van der Waals surface area contributed by atoms with E-state index in [1.807, 2.05) is 30.3 Å². The van der Waals surface area contributed by atoms with Crippen molar-refractivity contribution >= 4 is 39.2 Å². The minimum absolute atomic E-state index is 0.327. The number of halogens is 3. The Labute approximate surface area is 150 Å². The van der Waals surface area contributed by atoms with Crippen molar-refractivity contribution in [3.8, 4) is 0 Å². The highest BCUT2D eigenvalue weighted by molar-refractivity contribution is 9.10. The Bertz CT molecular complexity index is 935. The van der Waals surface area contributed by atoms with E-state index < -0.39 is 11.9 Å². The lowest BCUT2D eigenvalue weighted by Crippen LogP contribution is -2.21. The first-order valence-electron chi connectivity index (χ1n) is 7.10. The Balaban J connectivity index is 1.89. The first-order chi connectivity index (χ1) is 11.6. The number of allylic oxidation sites excluding steroid dienone is 1. The molecule has 24 heavy (non-hydrogen) atoms. The SMILES string of the molecule is Fc1cccc(Cl)c1[C@H]1C=C(c2cccc(Br)c2)Nc2nnnn21. The largest absolute Gasteiger partial charge is 0.323 e. The van der Waals surface area contributed by atoms with Crippen LogP contribution in [0, 0.1) is 5.82 Å². The van der Waals surface area contributed by atoms with Crippen molar-refractivity contribution in [2.45, 2.75) is 6.04 Å². The summed E-state index contributed by atoms with van der Waals surface area (Å²) < 4.78 is 16.8. The number of rotatable bonds is 2. The molecule has 0 unspecified atom stereocenters. The Hall–Kier alpha value is -2.25. The number of tetrazole rings is 1. The van der Waals surface area contributed by atoms with Gasteiger partial charge in [-0.15, -0.1) is 0 Å². The average Bonchev–Trinajstić information content (AvgIpc) is 3.03. The van der Waals surface area contributed by atoms with Gasteiger partial charge in [-0.3, -0.25) is 0 Å². The van der Waals surface area contributed by atoms with E-state index in [-0.39, 0.29) is 0 Å². The maximum Gasteiger partial charge on any atom is 0.248 e. The lowest BCUT2D eigenvalue weighted by molar-refractivity contribution is 0.540. The Morgan fingerprint density at radius 1 is 1.21 bits per heavy atom. The smallest absolute Gasteiger partial charge is 0.248 e. The second-order valence-corrected chi connectivity index (χ2v) is 6.57. The molecule has 1 aliphatic heterocycles. The number of nitrogens with one attached hydrogen (secondary N) is 1. The monoisotopic (exact) mass is 405 g/mol. The zero-order chi connectivity index (χ0) is 16.7. The van der Waals surface area contributed by atoms with Gasteiger partial charge in [0.2, 0.25) is 5.95 Å². The van der Waals surface area contributed by atoms with Crippen LogP contribution in [0.4, 0.5) is 10.3 Å². The minimum atomic E-state index is -0.543. The van der Waals surface area contributed by atoms with Crippen LogP contribution < -0.4 is 5.32 Å². The molecule has 4 rings (SSSR count). The Kier molecular flexibility index (Phi) is 3.82. The standard InChI is InChI=1S/C16H10BrClFN5/c17-10-4-1-3-9(7-10)13-8-14(24-16(20-13)21-22-23-24)15-11(18)5-2-6-12(15)19/h1-8,14H,(H,20,21,23)/t14-/m1/s1. The molecule has 0 fully saturated rings. The van der Waals surface area contributed by atoms with Gasteiger partial charge in [0.05, 0.1) is 0 Å². The van der Waals surface area contributed by atoms with Gasteiger partial charge in [-0.05, 0) is 46.3 Å². The van der Waals surface area contributed by atoms with Gasteiger partial charge < -0.3 is 5.32 Å². The molecule has 0 radical (unpaired) electrons. The fourth-order valence-electron chi connectivity index (χ4n) is 2.68. The molecule has 5 nitrogen and oxygen atoms in total. The summed E-state index contributed by atoms with van der Waals surface area (Å²) in [6.07, 6.45) is 1.86. The second kappa shape index (κ2) is 5.99. The van der Waals surface area contributed by atoms with Crippen LogP contribution in [0.5, 0.6) is 0 Å². The highest BCUT2D eigenvalue weighted by Crippen LogP contribution is 2.36. The number of anilines is 1. The van der Waals surface area contributed by atoms with Crippen molar-refractivity contribution in [3.05, 3.63) is 75.0 Å². The summed E-state index contributed by atoms with van der Waals surface area (Å²) in [5.74, 6) is 0.0255. The molecule has 0 aliphatic carbocycles. The number of benzene rings is 2. The Morgan fingerprint density at radius 2 is 2.04 bits per heavy atom. The molecule has 0 bridgehead atoms. The third-order valence-corrected chi connectivity index (χ3v) is 4.58. The number of aromatic nitrogens is 4. The highest BCUT2D eigenvalue weighted by atomic mass is 79.9. The van der Waals surface area contributed by atoms with Gasteiger partial charge >= 0.3 is 0 Å². The number of hydrogen-bond acceptors (Lipinski definition) is 4. The van der Waals surface area contributed by atoms with Crippen molar-refractivity contribution < 1.29 is 4.39 Å². The van der Waals surface area contributed by atoms with Gasteiger partial charge in [0, 0.05) is 20.8 Å². The number of nitrogens with zero attached hydrogens (tertiary/aromatic N) is 4. The topological polar surface area (TPSA) is 55.6 Å². The van der Waals surface area contributed by atoms with Crippen LogP contribution in [-0.4, -0.2) is 20.2 Å². The predicted octanol–water partition coefficient (Wildman–Crippen LogP) is 4.28. The summed E-state index contributed by atoms with van der Waals surface area (Å²) in [6, 6.07) is 11.8. The van der Waals surface area contributed by atoms with Gasteiger partial charge in [-0.2, -0.15) is 4.68 Å². The fourth-order valence-corrected chi connectivity index (χ4v) is 3.35. The van der Waals surface area contributed by atoms with Crippen LogP contribution >= 0.6 is 27.5 Å². The lowest BCUT2D eigenvalue weighted by atomic mass is 10.0. The Morgan fingerprint density at radius 3 is 2.83 bits per heavy atom. The third kappa shape index (κ3) is 2.59. The van der Waals surface area contributed by atoms with Crippen molar-refractivity contribution in [1.82, 2.24) is 20.2 Å². The van der Waals surface area contributed by atoms with Crippen LogP contribution in [-0.2, 0) is 0 Å². The van der Waals surface area contributed by atoms with Crippen molar-refractivity contribution in [2.24, 2.45) is 0 Å². The van der Waals surface area contributed by atoms with Crippen LogP contribution in [0.25, 0.3) is 5.70 Å². The second-order valence-electron chi connectivity index (χ2n) is 5.24. The molecule has 1 atom stereocenters. The molecule has 1 aliphatic rings. The van der Waals surface area contributed by atoms with E-state index >= 15 is 0 Å². The van der Waals surface area contributed by atoms with Crippen molar-refractivity contribution in [3.63, 3.8) is 0 Å². The lowest BCUT2D eigenvalue weighted by Gasteiger charge is -2.24. The van der Waals surface area contributed by atoms with E-state index in [1.54, 1.807) is 12.1 Å². The van der Waals surface area contributed by atoms with E-state index in [2.05, 4.69) is 36.8 Å². The summed E-state index contributed by atoms with van der Waals surface area (Å²) in [4.78, 5) is 0. The fraction of sp³-hybridized carbons (Fsp3) is 0.0625. The summed E-state index contributed by atoms with van der Waals surface area (Å²) in [7, 11) is 0. The first-order valence-corrected chi connectivity index (χ1v) is 8.27. The molecule has 1 aromatic heterocycles. The van der Waals surface area contributed by atoms with E-state index in [1.165, 1.54) is 10.7 Å². The van der Waals surface area contributed by atoms with Crippen molar-refractivity contribution in [1.29, 1.82) is 0 Å². The van der Waals surface area contributed by atoms with Gasteiger partial charge in [0.15, 0.2) is 0 Å².